The second kappa shape index (κ2) is 28.0. The van der Waals surface area contributed by atoms with Gasteiger partial charge in [0.05, 0.1) is 61.8 Å². The van der Waals surface area contributed by atoms with Crippen LogP contribution in [-0.4, -0.2) is 131 Å². The number of rotatable bonds is 13. The number of ether oxygens (including phenoxy) is 5. The molecule has 2 aliphatic rings. The first kappa shape index (κ1) is 68.8. The zero-order valence-electron chi connectivity index (χ0n) is 48.2. The van der Waals surface area contributed by atoms with E-state index in [0.29, 0.717) is 30.7 Å². The van der Waals surface area contributed by atoms with Gasteiger partial charge >= 0.3 is 49.1 Å². The van der Waals surface area contributed by atoms with E-state index < -0.39 is 144 Å². The summed E-state index contributed by atoms with van der Waals surface area (Å²) in [5.74, 6) is 0. The third-order valence-electron chi connectivity index (χ3n) is 13.9. The Hall–Kier alpha value is -6.96. The van der Waals surface area contributed by atoms with Crippen LogP contribution >= 0.6 is 0 Å². The maximum absolute atomic E-state index is 13.5. The van der Waals surface area contributed by atoms with Crippen molar-refractivity contribution in [2.75, 3.05) is 34.5 Å². The number of aliphatic hydroxyl groups excluding tert-OH is 1. The fourth-order valence-corrected chi connectivity index (χ4v) is 10.4. The molecule has 0 saturated carbocycles. The number of piperidine rings is 2. The van der Waals surface area contributed by atoms with Gasteiger partial charge < -0.3 is 38.6 Å². The van der Waals surface area contributed by atoms with Crippen LogP contribution < -0.4 is 0 Å². The van der Waals surface area contributed by atoms with Gasteiger partial charge in [-0.15, -0.1) is 0 Å². The first-order valence-electron chi connectivity index (χ1n) is 26.8. The van der Waals surface area contributed by atoms with E-state index in [9.17, 15) is 77.0 Å². The highest BCUT2D eigenvalue weighted by molar-refractivity contribution is 5.71. The number of alkyl halides is 12. The van der Waals surface area contributed by atoms with Crippen LogP contribution in [0.1, 0.15) is 112 Å². The van der Waals surface area contributed by atoms with Crippen LogP contribution in [-0.2, 0) is 74.3 Å². The Morgan fingerprint density at radius 1 is 0.471 bits per heavy atom. The lowest BCUT2D eigenvalue weighted by molar-refractivity contribution is -0.144. The number of hydrogen-bond acceptors (Lipinski definition) is 10. The van der Waals surface area contributed by atoms with E-state index in [0.717, 1.165) is 35.1 Å². The molecule has 6 rings (SSSR count). The molecule has 6 atom stereocenters. The minimum Gasteiger partial charge on any atom is -0.453 e. The number of aliphatic hydroxyl groups is 1. The van der Waals surface area contributed by atoms with Crippen molar-refractivity contribution in [3.8, 4) is 0 Å². The van der Waals surface area contributed by atoms with Gasteiger partial charge in [0.2, 0.25) is 0 Å². The highest BCUT2D eigenvalue weighted by Gasteiger charge is 2.47. The molecule has 0 aliphatic carbocycles. The van der Waals surface area contributed by atoms with Gasteiger partial charge in [0.15, 0.2) is 0 Å². The molecule has 14 nitrogen and oxygen atoms in total. The molecule has 2 fully saturated rings. The number of benzene rings is 4. The van der Waals surface area contributed by atoms with Crippen molar-refractivity contribution < 1.29 is 101 Å². The van der Waals surface area contributed by atoms with E-state index in [1.807, 2.05) is 42.5 Å². The van der Waals surface area contributed by atoms with E-state index in [1.54, 1.807) is 64.6 Å². The third-order valence-corrected chi connectivity index (χ3v) is 13.9. The molecule has 1 N–H and O–H groups in total. The molecule has 0 unspecified atom stereocenters. The summed E-state index contributed by atoms with van der Waals surface area (Å²) in [6.07, 6.45) is -22.5. The Morgan fingerprint density at radius 3 is 1.06 bits per heavy atom. The molecule has 2 heterocycles. The molecule has 0 radical (unpaired) electrons. The summed E-state index contributed by atoms with van der Waals surface area (Å²) in [4.78, 5) is 57.8. The van der Waals surface area contributed by atoms with Crippen molar-refractivity contribution in [2.45, 2.75) is 165 Å². The van der Waals surface area contributed by atoms with Crippen molar-refractivity contribution in [1.29, 1.82) is 0 Å². The van der Waals surface area contributed by atoms with Crippen molar-refractivity contribution in [3.05, 3.63) is 142 Å². The number of methoxy groups -OCH3 is 3. The molecule has 2 saturated heterocycles. The molecule has 0 spiro atoms. The molecule has 470 valence electrons. The summed E-state index contributed by atoms with van der Waals surface area (Å²) in [7, 11) is 3.55. The predicted octanol–water partition coefficient (Wildman–Crippen LogP) is 14.0. The Morgan fingerprint density at radius 2 is 0.776 bits per heavy atom. The number of amides is 4. The van der Waals surface area contributed by atoms with Gasteiger partial charge in [-0.3, -0.25) is 9.80 Å². The number of carbonyl (C=O) groups is 4. The van der Waals surface area contributed by atoms with Gasteiger partial charge in [-0.25, -0.2) is 19.2 Å². The van der Waals surface area contributed by atoms with E-state index >= 15 is 0 Å². The number of halogens is 12. The van der Waals surface area contributed by atoms with Crippen LogP contribution in [0.4, 0.5) is 71.9 Å². The topological polar surface area (TPSA) is 148 Å². The van der Waals surface area contributed by atoms with E-state index in [-0.39, 0.29) is 56.4 Å². The average Bonchev–Trinajstić information content (AvgIpc) is 1.90. The molecule has 26 heteroatoms. The molecule has 4 aromatic rings. The molecule has 4 aromatic carbocycles. The number of nitrogens with zero attached hydrogens (tertiary/aromatic N) is 4. The average molecular weight is 1220 g/mol. The molecule has 4 amide bonds. The van der Waals surface area contributed by atoms with Crippen LogP contribution in [0.2, 0.25) is 0 Å². The molecule has 85 heavy (non-hydrogen) atoms. The number of likely N-dealkylation sites (tertiary alicyclic amines) is 2. The largest absolute Gasteiger partial charge is 0.453 e. The first-order chi connectivity index (χ1) is 39.3. The van der Waals surface area contributed by atoms with Crippen molar-refractivity contribution in [1.82, 2.24) is 19.6 Å². The summed E-state index contributed by atoms with van der Waals surface area (Å²) in [5.41, 5.74) is -6.74. The van der Waals surface area contributed by atoms with Gasteiger partial charge in [-0.2, -0.15) is 52.7 Å². The summed E-state index contributed by atoms with van der Waals surface area (Å²) in [5, 5.41) is 10.3. The highest BCUT2D eigenvalue weighted by Crippen LogP contribution is 2.41. The molecule has 0 aromatic heterocycles. The number of carbonyl (C=O) groups excluding carboxylic acids is 4. The summed E-state index contributed by atoms with van der Waals surface area (Å²) in [6.45, 7) is 8.50. The monoisotopic (exact) mass is 1220 g/mol. The van der Waals surface area contributed by atoms with Crippen LogP contribution in [0.5, 0.6) is 0 Å². The Labute approximate surface area is 484 Å². The highest BCUT2D eigenvalue weighted by atomic mass is 19.4. The van der Waals surface area contributed by atoms with Crippen molar-refractivity contribution in [2.24, 2.45) is 0 Å². The lowest BCUT2D eigenvalue weighted by Crippen LogP contribution is -2.60. The number of hydrogen-bond donors (Lipinski definition) is 1. The minimum absolute atomic E-state index is 0.0168. The first-order valence-corrected chi connectivity index (χ1v) is 26.8. The quantitative estimate of drug-likeness (QED) is 0.101. The van der Waals surface area contributed by atoms with Crippen molar-refractivity contribution in [3.63, 3.8) is 0 Å². The van der Waals surface area contributed by atoms with Gasteiger partial charge in [0.25, 0.3) is 0 Å². The summed E-state index contributed by atoms with van der Waals surface area (Å²) < 4.78 is 189. The lowest BCUT2D eigenvalue weighted by atomic mass is 9.87. The summed E-state index contributed by atoms with van der Waals surface area (Å²) >= 11 is 0. The summed E-state index contributed by atoms with van der Waals surface area (Å²) in [6, 6.07) is 16.4. The lowest BCUT2D eigenvalue weighted by Gasteiger charge is -2.47. The maximum Gasteiger partial charge on any atom is 0.416 e. The molecular weight excluding hydrogens is 1150 g/mol. The zero-order valence-corrected chi connectivity index (χ0v) is 48.2. The van der Waals surface area contributed by atoms with Gasteiger partial charge in [-0.1, -0.05) is 60.7 Å². The second-order valence-electron chi connectivity index (χ2n) is 22.7. The fraction of sp³-hybridized carbons (Fsp3) is 0.525. The maximum atomic E-state index is 13.5. The van der Waals surface area contributed by atoms with Crippen molar-refractivity contribution >= 4 is 24.4 Å². The van der Waals surface area contributed by atoms with Crippen LogP contribution in [0, 0.1) is 0 Å². The SMILES string of the molecule is COC(=O)N(Cc1cc(C(F)(F)F)cc(C(F)(F)F)c1)[C@H]1C[C@@H](CO)N(C(=O)OC(C)(C)C)[C@@H](Cc2ccccc2)C1.COC[C@@H]1C[C@H](N(Cc2cc(C(F)(F)F)cc(C(F)(F)F)c2)C(=O)OC)C[C@H](Cc2ccccc2)N1C(=O)OC(C)(C)C. The Bertz CT molecular complexity index is 2800. The van der Waals surface area contributed by atoms with Crippen LogP contribution in [0.3, 0.4) is 0 Å². The van der Waals surface area contributed by atoms with E-state index in [4.69, 9.17) is 23.7 Å². The van der Waals surface area contributed by atoms with Gasteiger partial charge in [-0.05, 0) is 139 Å². The molecule has 0 bridgehead atoms. The van der Waals surface area contributed by atoms with Gasteiger partial charge in [0, 0.05) is 44.4 Å². The van der Waals surface area contributed by atoms with Gasteiger partial charge in [0.1, 0.15) is 11.2 Å². The Balaban J connectivity index is 0.000000311. The zero-order chi connectivity index (χ0) is 63.6. The molecular formula is C59H70F12N4O10. The third kappa shape index (κ3) is 19.8. The Kier molecular flexibility index (Phi) is 22.7. The normalized spacial score (nSPS) is 19.7. The van der Waals surface area contributed by atoms with E-state index in [2.05, 4.69) is 0 Å². The van der Waals surface area contributed by atoms with Crippen LogP contribution in [0.25, 0.3) is 0 Å². The standard InChI is InChI=1S/C30H36F6N2O5.C29H34F6N2O5/c1-28(2,3)43-27(40)38-24(13-19-9-7-6-8-10-19)15-23(16-25(38)18-41-4)37(26(39)42-5)17-20-11-21(29(31,32)33)14-22(12-20)30(34,35)36;1-27(2,3)42-26(40)37-23(12-18-8-6-5-7-9-18)14-22(15-24(37)17-38)36(25(39)41-4)16-19-10-20(28(30,31)32)13-21(11-19)29(33,34)35/h6-12,14,23-25H,13,15-18H2,1-5H3;5-11,13,22-24,38H,12,14-17H2,1-4H3/t23-,24+,25+;22-,23+,24+/m11/s1. The van der Waals surface area contributed by atoms with Crippen LogP contribution in [0.15, 0.2) is 97.1 Å². The second-order valence-corrected chi connectivity index (χ2v) is 22.7. The van der Waals surface area contributed by atoms with E-state index in [1.165, 1.54) is 12.0 Å². The fourth-order valence-electron chi connectivity index (χ4n) is 10.4. The minimum atomic E-state index is -5.06. The predicted molar refractivity (Wildman–Crippen MR) is 285 cm³/mol. The molecule has 2 aliphatic heterocycles. The smallest absolute Gasteiger partial charge is 0.416 e.